The van der Waals surface area contributed by atoms with Gasteiger partial charge in [0.1, 0.15) is 5.76 Å². The van der Waals surface area contributed by atoms with Crippen LogP contribution in [-0.2, 0) is 0 Å². The Morgan fingerprint density at radius 2 is 1.78 bits per heavy atom. The van der Waals surface area contributed by atoms with E-state index in [1.54, 1.807) is 6.07 Å². The van der Waals surface area contributed by atoms with Crippen molar-refractivity contribution in [2.24, 2.45) is 0 Å². The van der Waals surface area contributed by atoms with E-state index in [1.807, 2.05) is 19.1 Å². The molecule has 0 unspecified atom stereocenters. The normalized spacial score (nSPS) is 15.0. The summed E-state index contributed by atoms with van der Waals surface area (Å²) in [6, 6.07) is 10.1. The molecule has 1 aliphatic heterocycles. The minimum Gasteiger partial charge on any atom is -0.369 e. The van der Waals surface area contributed by atoms with Crippen molar-refractivity contribution in [3.05, 3.63) is 42.3 Å². The molecular weight excluding hydrogens is 344 g/mol. The molecule has 2 N–H and O–H groups in total. The van der Waals surface area contributed by atoms with Gasteiger partial charge in [-0.25, -0.2) is 0 Å². The van der Waals surface area contributed by atoms with Crippen molar-refractivity contribution in [2.45, 2.75) is 6.92 Å². The first-order chi connectivity index (χ1) is 13.2. The van der Waals surface area contributed by atoms with E-state index in [0.717, 1.165) is 37.6 Å². The van der Waals surface area contributed by atoms with Crippen LogP contribution >= 0.6 is 0 Å². The van der Waals surface area contributed by atoms with Crippen LogP contribution in [0.3, 0.4) is 0 Å². The molecule has 4 rings (SSSR count). The first-order valence-electron chi connectivity index (χ1n) is 8.86. The van der Waals surface area contributed by atoms with Crippen LogP contribution in [0.15, 0.2) is 41.1 Å². The van der Waals surface area contributed by atoms with Crippen molar-refractivity contribution in [2.75, 3.05) is 48.8 Å². The van der Waals surface area contributed by atoms with Crippen LogP contribution in [0.4, 0.5) is 29.0 Å². The highest BCUT2D eigenvalue weighted by Crippen LogP contribution is 2.21. The van der Waals surface area contributed by atoms with Gasteiger partial charge in [0.2, 0.25) is 5.95 Å². The molecule has 2 aromatic heterocycles. The van der Waals surface area contributed by atoms with Crippen LogP contribution in [-0.4, -0.2) is 58.5 Å². The summed E-state index contributed by atoms with van der Waals surface area (Å²) in [6.45, 7) is 6.10. The summed E-state index contributed by atoms with van der Waals surface area (Å²) in [5, 5.41) is 18.1. The number of aryl methyl sites for hydroxylation is 1. The lowest BCUT2D eigenvalue weighted by Crippen LogP contribution is -2.44. The lowest BCUT2D eigenvalue weighted by molar-refractivity contribution is 0.313. The number of hydrogen-bond acceptors (Lipinski definition) is 9. The summed E-state index contributed by atoms with van der Waals surface area (Å²) in [6.07, 6.45) is 1.53. The smallest absolute Gasteiger partial charge is 0.249 e. The van der Waals surface area contributed by atoms with Gasteiger partial charge in [0.15, 0.2) is 11.6 Å². The molecule has 1 saturated heterocycles. The maximum Gasteiger partial charge on any atom is 0.249 e. The van der Waals surface area contributed by atoms with E-state index in [0.29, 0.717) is 17.6 Å². The minimum atomic E-state index is 0.410. The van der Waals surface area contributed by atoms with E-state index < -0.39 is 0 Å². The van der Waals surface area contributed by atoms with Gasteiger partial charge in [0.05, 0.1) is 6.20 Å². The van der Waals surface area contributed by atoms with Crippen LogP contribution in [0, 0.1) is 6.92 Å². The molecule has 9 heteroatoms. The van der Waals surface area contributed by atoms with Crippen molar-refractivity contribution in [3.63, 3.8) is 0 Å². The number of hydrogen-bond donors (Lipinski definition) is 2. The molecule has 0 bridgehead atoms. The van der Waals surface area contributed by atoms with Gasteiger partial charge in [-0.05, 0) is 38.2 Å². The number of rotatable bonds is 5. The molecule has 9 nitrogen and oxygen atoms in total. The molecule has 140 valence electrons. The van der Waals surface area contributed by atoms with E-state index in [9.17, 15) is 0 Å². The van der Waals surface area contributed by atoms with E-state index >= 15 is 0 Å². The van der Waals surface area contributed by atoms with E-state index in [1.165, 1.54) is 11.9 Å². The average molecular weight is 366 g/mol. The van der Waals surface area contributed by atoms with Crippen molar-refractivity contribution in [1.82, 2.24) is 25.2 Å². The van der Waals surface area contributed by atoms with Crippen molar-refractivity contribution >= 4 is 29.0 Å². The van der Waals surface area contributed by atoms with Gasteiger partial charge in [-0.1, -0.05) is 5.16 Å². The Labute approximate surface area is 157 Å². The fraction of sp³-hybridized carbons (Fsp3) is 0.333. The van der Waals surface area contributed by atoms with Crippen LogP contribution in [0.2, 0.25) is 0 Å². The lowest BCUT2D eigenvalue weighted by atomic mass is 10.2. The van der Waals surface area contributed by atoms with Gasteiger partial charge in [-0.15, -0.1) is 5.10 Å². The molecule has 0 spiro atoms. The summed E-state index contributed by atoms with van der Waals surface area (Å²) in [5.74, 6) is 2.25. The predicted molar refractivity (Wildman–Crippen MR) is 104 cm³/mol. The maximum atomic E-state index is 5.03. The summed E-state index contributed by atoms with van der Waals surface area (Å²) in [4.78, 5) is 9.14. The molecule has 3 heterocycles. The number of anilines is 5. The Morgan fingerprint density at radius 3 is 2.48 bits per heavy atom. The third-order valence-corrected chi connectivity index (χ3v) is 4.43. The predicted octanol–water partition coefficient (Wildman–Crippen LogP) is 2.41. The Morgan fingerprint density at radius 1 is 1.00 bits per heavy atom. The van der Waals surface area contributed by atoms with Crippen molar-refractivity contribution in [1.29, 1.82) is 0 Å². The molecule has 3 aromatic rings. The molecule has 0 aliphatic carbocycles. The number of nitrogens with one attached hydrogen (secondary N) is 2. The second kappa shape index (κ2) is 7.58. The van der Waals surface area contributed by atoms with Gasteiger partial charge < -0.3 is 25.0 Å². The van der Waals surface area contributed by atoms with Crippen LogP contribution in [0.25, 0.3) is 0 Å². The quantitative estimate of drug-likeness (QED) is 0.705. The standard InChI is InChI=1S/C18H22N8O/c1-13-11-16(24-27-13)21-17-12-19-23-18(22-17)20-14-3-5-15(6-4-14)26-9-7-25(2)8-10-26/h3-6,11-12H,7-10H2,1-2H3,(H2,20,21,22,23,24). The second-order valence-corrected chi connectivity index (χ2v) is 6.58. The molecule has 1 aromatic carbocycles. The zero-order chi connectivity index (χ0) is 18.6. The highest BCUT2D eigenvalue weighted by atomic mass is 16.5. The first kappa shape index (κ1) is 17.2. The zero-order valence-corrected chi connectivity index (χ0v) is 15.4. The van der Waals surface area contributed by atoms with Gasteiger partial charge in [0.25, 0.3) is 0 Å². The van der Waals surface area contributed by atoms with Gasteiger partial charge in [-0.2, -0.15) is 10.1 Å². The third kappa shape index (κ3) is 4.32. The third-order valence-electron chi connectivity index (χ3n) is 4.43. The number of benzene rings is 1. The Bertz CT molecular complexity index is 886. The molecule has 0 atom stereocenters. The number of piperazine rings is 1. The molecule has 0 amide bonds. The molecule has 1 fully saturated rings. The fourth-order valence-corrected chi connectivity index (χ4v) is 2.92. The van der Waals surface area contributed by atoms with Gasteiger partial charge >= 0.3 is 0 Å². The number of nitrogens with zero attached hydrogens (tertiary/aromatic N) is 6. The minimum absolute atomic E-state index is 0.410. The monoisotopic (exact) mass is 366 g/mol. The maximum absolute atomic E-state index is 5.03. The zero-order valence-electron chi connectivity index (χ0n) is 15.4. The Balaban J connectivity index is 1.41. The van der Waals surface area contributed by atoms with E-state index in [4.69, 9.17) is 4.52 Å². The molecular formula is C18H22N8O. The SMILES string of the molecule is Cc1cc(Nc2cnnc(Nc3ccc(N4CCN(C)CC4)cc3)n2)no1. The van der Waals surface area contributed by atoms with Gasteiger partial charge in [-0.3, -0.25) is 0 Å². The fourth-order valence-electron chi connectivity index (χ4n) is 2.92. The second-order valence-electron chi connectivity index (χ2n) is 6.58. The average Bonchev–Trinajstić information content (AvgIpc) is 3.08. The molecule has 1 aliphatic rings. The Kier molecular flexibility index (Phi) is 4.84. The summed E-state index contributed by atoms with van der Waals surface area (Å²) >= 11 is 0. The highest BCUT2D eigenvalue weighted by Gasteiger charge is 2.14. The van der Waals surface area contributed by atoms with Gasteiger partial charge in [0, 0.05) is 43.6 Å². The van der Waals surface area contributed by atoms with E-state index in [2.05, 4.69) is 60.0 Å². The topological polar surface area (TPSA) is 95.2 Å². The molecule has 0 radical (unpaired) electrons. The van der Waals surface area contributed by atoms with E-state index in [-0.39, 0.29) is 0 Å². The first-order valence-corrected chi connectivity index (χ1v) is 8.86. The van der Waals surface area contributed by atoms with Crippen LogP contribution < -0.4 is 15.5 Å². The largest absolute Gasteiger partial charge is 0.369 e. The Hall–Kier alpha value is -3.20. The summed E-state index contributed by atoms with van der Waals surface area (Å²) in [7, 11) is 2.16. The summed E-state index contributed by atoms with van der Waals surface area (Å²) < 4.78 is 5.03. The number of aromatic nitrogens is 4. The van der Waals surface area contributed by atoms with Crippen LogP contribution in [0.1, 0.15) is 5.76 Å². The van der Waals surface area contributed by atoms with Crippen LogP contribution in [0.5, 0.6) is 0 Å². The van der Waals surface area contributed by atoms with Crippen molar-refractivity contribution in [3.8, 4) is 0 Å². The lowest BCUT2D eigenvalue weighted by Gasteiger charge is -2.34. The molecule has 0 saturated carbocycles. The van der Waals surface area contributed by atoms with Crippen molar-refractivity contribution < 1.29 is 4.52 Å². The number of likely N-dealkylation sites (N-methyl/N-ethyl adjacent to an activating group) is 1. The summed E-state index contributed by atoms with van der Waals surface area (Å²) in [5.41, 5.74) is 2.13. The highest BCUT2D eigenvalue weighted by molar-refractivity contribution is 5.60. The molecule has 27 heavy (non-hydrogen) atoms.